The number of rotatable bonds is 5. The fourth-order valence-electron chi connectivity index (χ4n) is 3.61. The van der Waals surface area contributed by atoms with Crippen LogP contribution in [-0.4, -0.2) is 43.6 Å². The van der Waals surface area contributed by atoms with Crippen molar-refractivity contribution in [3.05, 3.63) is 48.9 Å². The number of primary amides is 1. The van der Waals surface area contributed by atoms with Crippen molar-refractivity contribution in [1.82, 2.24) is 24.6 Å². The molecule has 1 saturated heterocycles. The summed E-state index contributed by atoms with van der Waals surface area (Å²) in [5.41, 5.74) is 7.86. The molecule has 0 radical (unpaired) electrons. The number of anilines is 3. The van der Waals surface area contributed by atoms with Gasteiger partial charge in [0.25, 0.3) is 5.91 Å². The first-order valence-corrected chi connectivity index (χ1v) is 9.74. The molecule has 0 spiro atoms. The molecule has 0 aliphatic carbocycles. The topological polar surface area (TPSA) is 127 Å². The standard InChI is InChI=1S/C20H20N8O2/c21-18(29)16-8-13(11-30-16)15-10-23-19(20-24-12-25-28(15)20)26-14-4-5-17(22-9-14)27-6-2-1-3-7-27/h4-5,8-12H,1-3,6-7H2,(H2,21,29)(H,23,26). The molecule has 0 aromatic carbocycles. The first kappa shape index (κ1) is 18.1. The van der Waals surface area contributed by atoms with Gasteiger partial charge in [-0.05, 0) is 37.5 Å². The molecule has 4 aromatic heterocycles. The van der Waals surface area contributed by atoms with Crippen LogP contribution in [0.2, 0.25) is 0 Å². The number of amides is 1. The average Bonchev–Trinajstić information content (AvgIpc) is 3.46. The van der Waals surface area contributed by atoms with E-state index in [1.54, 1.807) is 23.0 Å². The second-order valence-electron chi connectivity index (χ2n) is 7.13. The summed E-state index contributed by atoms with van der Waals surface area (Å²) in [6.45, 7) is 2.10. The minimum absolute atomic E-state index is 0.0698. The highest BCUT2D eigenvalue weighted by Crippen LogP contribution is 2.26. The lowest BCUT2D eigenvalue weighted by atomic mass is 10.1. The summed E-state index contributed by atoms with van der Waals surface area (Å²) in [7, 11) is 0. The molecule has 1 amide bonds. The van der Waals surface area contributed by atoms with Crippen LogP contribution in [-0.2, 0) is 0 Å². The minimum atomic E-state index is -0.636. The number of piperidine rings is 1. The first-order chi connectivity index (χ1) is 14.7. The molecular formula is C20H20N8O2. The highest BCUT2D eigenvalue weighted by atomic mass is 16.3. The van der Waals surface area contributed by atoms with E-state index in [1.807, 2.05) is 12.1 Å². The smallest absolute Gasteiger partial charge is 0.284 e. The highest BCUT2D eigenvalue weighted by molar-refractivity contribution is 5.91. The summed E-state index contributed by atoms with van der Waals surface area (Å²) in [5.74, 6) is 0.965. The van der Waals surface area contributed by atoms with Gasteiger partial charge in [0.15, 0.2) is 17.2 Å². The molecule has 3 N–H and O–H groups in total. The Morgan fingerprint density at radius 1 is 1.10 bits per heavy atom. The third-order valence-electron chi connectivity index (χ3n) is 5.13. The van der Waals surface area contributed by atoms with E-state index in [2.05, 4.69) is 30.3 Å². The molecule has 4 aromatic rings. The Morgan fingerprint density at radius 3 is 2.70 bits per heavy atom. The SMILES string of the molecule is NC(=O)c1cc(-c2cnc(Nc3ccc(N4CCCCC4)nc3)c3ncnn23)co1. The molecule has 0 unspecified atom stereocenters. The Kier molecular flexibility index (Phi) is 4.51. The van der Waals surface area contributed by atoms with Crippen molar-refractivity contribution >= 4 is 28.9 Å². The molecule has 0 atom stereocenters. The number of carbonyl (C=O) groups excluding carboxylic acids is 1. The van der Waals surface area contributed by atoms with Gasteiger partial charge < -0.3 is 20.4 Å². The maximum absolute atomic E-state index is 11.3. The number of hydrogen-bond donors (Lipinski definition) is 2. The van der Waals surface area contributed by atoms with Crippen LogP contribution in [0, 0.1) is 0 Å². The van der Waals surface area contributed by atoms with Gasteiger partial charge >= 0.3 is 0 Å². The Morgan fingerprint density at radius 2 is 1.97 bits per heavy atom. The number of fused-ring (bicyclic) bond motifs is 1. The molecule has 1 aliphatic heterocycles. The van der Waals surface area contributed by atoms with Crippen molar-refractivity contribution in [3.8, 4) is 11.3 Å². The van der Waals surface area contributed by atoms with Crippen LogP contribution < -0.4 is 16.0 Å². The Balaban J connectivity index is 1.41. The maximum Gasteiger partial charge on any atom is 0.284 e. The van der Waals surface area contributed by atoms with Crippen LogP contribution in [0.5, 0.6) is 0 Å². The van der Waals surface area contributed by atoms with Crippen molar-refractivity contribution in [2.45, 2.75) is 19.3 Å². The van der Waals surface area contributed by atoms with Crippen LogP contribution in [0.4, 0.5) is 17.3 Å². The molecule has 5 heterocycles. The fraction of sp³-hybridized carbons (Fsp3) is 0.250. The number of nitrogens with two attached hydrogens (primary N) is 1. The van der Waals surface area contributed by atoms with Crippen LogP contribution in [0.1, 0.15) is 29.8 Å². The molecule has 5 rings (SSSR count). The van der Waals surface area contributed by atoms with E-state index in [1.165, 1.54) is 31.9 Å². The van der Waals surface area contributed by atoms with Gasteiger partial charge in [-0.3, -0.25) is 4.79 Å². The van der Waals surface area contributed by atoms with Crippen molar-refractivity contribution < 1.29 is 9.21 Å². The molecule has 1 fully saturated rings. The number of nitrogens with zero attached hydrogens (tertiary/aromatic N) is 6. The fourth-order valence-corrected chi connectivity index (χ4v) is 3.61. The van der Waals surface area contributed by atoms with E-state index >= 15 is 0 Å². The van der Waals surface area contributed by atoms with Gasteiger partial charge in [0, 0.05) is 18.7 Å². The largest absolute Gasteiger partial charge is 0.458 e. The lowest BCUT2D eigenvalue weighted by Crippen LogP contribution is -2.29. The lowest BCUT2D eigenvalue weighted by molar-refractivity contribution is 0.0974. The van der Waals surface area contributed by atoms with E-state index in [0.29, 0.717) is 22.7 Å². The summed E-state index contributed by atoms with van der Waals surface area (Å²) in [4.78, 5) is 27.0. The predicted molar refractivity (Wildman–Crippen MR) is 111 cm³/mol. The predicted octanol–water partition coefficient (Wildman–Crippen LogP) is 2.61. The Hall–Kier alpha value is -3.95. The van der Waals surface area contributed by atoms with Crippen molar-refractivity contribution in [2.75, 3.05) is 23.3 Å². The zero-order valence-corrected chi connectivity index (χ0v) is 16.2. The van der Waals surface area contributed by atoms with Gasteiger partial charge in [0.05, 0.1) is 23.8 Å². The zero-order chi connectivity index (χ0) is 20.5. The van der Waals surface area contributed by atoms with Gasteiger partial charge in [-0.1, -0.05) is 0 Å². The van der Waals surface area contributed by atoms with E-state index in [0.717, 1.165) is 24.6 Å². The zero-order valence-electron chi connectivity index (χ0n) is 16.2. The molecular weight excluding hydrogens is 384 g/mol. The molecule has 10 nitrogen and oxygen atoms in total. The van der Waals surface area contributed by atoms with Gasteiger partial charge in [-0.25, -0.2) is 19.5 Å². The number of carbonyl (C=O) groups is 1. The second kappa shape index (κ2) is 7.47. The number of aromatic nitrogens is 5. The summed E-state index contributed by atoms with van der Waals surface area (Å²) in [6, 6.07) is 5.55. The van der Waals surface area contributed by atoms with E-state index in [4.69, 9.17) is 10.2 Å². The van der Waals surface area contributed by atoms with Crippen LogP contribution in [0.25, 0.3) is 16.9 Å². The quantitative estimate of drug-likeness (QED) is 0.520. The maximum atomic E-state index is 11.3. The summed E-state index contributed by atoms with van der Waals surface area (Å²) in [6.07, 6.45) is 10.0. The summed E-state index contributed by atoms with van der Waals surface area (Å²) < 4.78 is 6.83. The van der Waals surface area contributed by atoms with E-state index < -0.39 is 5.91 Å². The lowest BCUT2D eigenvalue weighted by Gasteiger charge is -2.27. The molecule has 10 heteroatoms. The van der Waals surface area contributed by atoms with Gasteiger partial charge in [0.2, 0.25) is 0 Å². The van der Waals surface area contributed by atoms with Gasteiger partial charge in [-0.15, -0.1) is 0 Å². The number of nitrogens with one attached hydrogen (secondary N) is 1. The number of pyridine rings is 1. The van der Waals surface area contributed by atoms with Crippen LogP contribution >= 0.6 is 0 Å². The monoisotopic (exact) mass is 404 g/mol. The first-order valence-electron chi connectivity index (χ1n) is 9.74. The minimum Gasteiger partial charge on any atom is -0.458 e. The van der Waals surface area contributed by atoms with Crippen molar-refractivity contribution in [1.29, 1.82) is 0 Å². The summed E-state index contributed by atoms with van der Waals surface area (Å²) in [5, 5.41) is 7.52. The Bertz CT molecular complexity index is 1190. The van der Waals surface area contributed by atoms with Crippen LogP contribution in [0.15, 0.2) is 47.6 Å². The van der Waals surface area contributed by atoms with Crippen molar-refractivity contribution in [3.63, 3.8) is 0 Å². The summed E-state index contributed by atoms with van der Waals surface area (Å²) >= 11 is 0. The molecule has 152 valence electrons. The normalized spacial score (nSPS) is 14.2. The van der Waals surface area contributed by atoms with E-state index in [-0.39, 0.29) is 5.76 Å². The number of furan rings is 1. The molecule has 1 aliphatic rings. The molecule has 0 bridgehead atoms. The molecule has 30 heavy (non-hydrogen) atoms. The Labute approximate surface area is 171 Å². The number of hydrogen-bond acceptors (Lipinski definition) is 8. The van der Waals surface area contributed by atoms with Crippen LogP contribution in [0.3, 0.4) is 0 Å². The average molecular weight is 404 g/mol. The van der Waals surface area contributed by atoms with Gasteiger partial charge in [-0.2, -0.15) is 5.10 Å². The van der Waals surface area contributed by atoms with E-state index in [9.17, 15) is 4.79 Å². The van der Waals surface area contributed by atoms with Crippen molar-refractivity contribution in [2.24, 2.45) is 5.73 Å². The molecule has 0 saturated carbocycles. The third-order valence-corrected chi connectivity index (χ3v) is 5.13. The highest BCUT2D eigenvalue weighted by Gasteiger charge is 2.16. The third kappa shape index (κ3) is 3.32. The van der Waals surface area contributed by atoms with Gasteiger partial charge in [0.1, 0.15) is 18.4 Å². The second-order valence-corrected chi connectivity index (χ2v) is 7.13.